The average molecular weight is 383 g/mol. The summed E-state index contributed by atoms with van der Waals surface area (Å²) in [6, 6.07) is 11.4. The van der Waals surface area contributed by atoms with E-state index in [9.17, 15) is 4.79 Å². The lowest BCUT2D eigenvalue weighted by Crippen LogP contribution is -2.12. The molecule has 1 heterocycles. The molecule has 0 spiro atoms. The Morgan fingerprint density at radius 1 is 1.21 bits per heavy atom. The molecular formula is C17H16Cl2N2O2S. The number of aryl methyl sites for hydroxylation is 1. The molecule has 24 heavy (non-hydrogen) atoms. The van der Waals surface area contributed by atoms with Gasteiger partial charge in [-0.05, 0) is 18.6 Å². The van der Waals surface area contributed by atoms with Crippen molar-refractivity contribution in [2.45, 2.75) is 12.7 Å². The number of amides is 1. The Morgan fingerprint density at radius 2 is 1.92 bits per heavy atom. The number of aromatic nitrogens is 1. The number of thioether (sulfide) groups is 1. The minimum absolute atomic E-state index is 0.0513. The number of carbonyl (C=O) groups is 1. The molecule has 0 saturated carbocycles. The number of hydrogen-bond acceptors (Lipinski definition) is 4. The van der Waals surface area contributed by atoms with E-state index in [1.165, 1.54) is 30.6 Å². The van der Waals surface area contributed by atoms with Crippen molar-refractivity contribution in [3.63, 3.8) is 0 Å². The van der Waals surface area contributed by atoms with E-state index in [-0.39, 0.29) is 9.40 Å². The molecule has 1 amide bonds. The van der Waals surface area contributed by atoms with Crippen molar-refractivity contribution >= 4 is 46.6 Å². The highest BCUT2D eigenvalue weighted by Gasteiger charge is 2.13. The minimum Gasteiger partial charge on any atom is -0.481 e. The fraction of sp³-hybridized carbons (Fsp3) is 0.176. The molecule has 2 aromatic rings. The fourth-order valence-corrected chi connectivity index (χ4v) is 2.91. The van der Waals surface area contributed by atoms with Gasteiger partial charge in [-0.15, -0.1) is 11.8 Å². The first kappa shape index (κ1) is 18.6. The molecule has 0 bridgehead atoms. The Morgan fingerprint density at radius 3 is 2.50 bits per heavy atom. The second-order valence-corrected chi connectivity index (χ2v) is 6.87. The summed E-state index contributed by atoms with van der Waals surface area (Å²) in [5.74, 6) is 0.610. The first-order chi connectivity index (χ1) is 11.5. The minimum atomic E-state index is -0.481. The summed E-state index contributed by atoms with van der Waals surface area (Å²) in [6.45, 7) is 2.03. The lowest BCUT2D eigenvalue weighted by molar-refractivity contribution is -0.112. The first-order valence-electron chi connectivity index (χ1n) is 7.04. The van der Waals surface area contributed by atoms with Gasteiger partial charge in [-0.1, -0.05) is 53.0 Å². The largest absolute Gasteiger partial charge is 0.481 e. The molecule has 1 N–H and O–H groups in total. The second-order valence-electron chi connectivity index (χ2n) is 4.91. The Kier molecular flexibility index (Phi) is 6.97. The molecule has 7 heteroatoms. The van der Waals surface area contributed by atoms with Crippen molar-refractivity contribution < 1.29 is 9.53 Å². The van der Waals surface area contributed by atoms with Gasteiger partial charge >= 0.3 is 0 Å². The van der Waals surface area contributed by atoms with Crippen LogP contribution in [0, 0.1) is 6.92 Å². The summed E-state index contributed by atoms with van der Waals surface area (Å²) in [7, 11) is 1.52. The van der Waals surface area contributed by atoms with Crippen LogP contribution in [0.5, 0.6) is 5.88 Å². The number of benzene rings is 1. The molecular weight excluding hydrogens is 367 g/mol. The van der Waals surface area contributed by atoms with Crippen molar-refractivity contribution in [1.82, 2.24) is 4.98 Å². The average Bonchev–Trinajstić information content (AvgIpc) is 2.61. The molecule has 4 nitrogen and oxygen atoms in total. The molecule has 0 aliphatic carbocycles. The Balaban J connectivity index is 1.96. The van der Waals surface area contributed by atoms with Gasteiger partial charge in [0.25, 0.3) is 5.91 Å². The topological polar surface area (TPSA) is 51.2 Å². The van der Waals surface area contributed by atoms with Crippen molar-refractivity contribution in [3.05, 3.63) is 63.1 Å². The summed E-state index contributed by atoms with van der Waals surface area (Å²) >= 11 is 13.5. The maximum atomic E-state index is 12.1. The lowest BCUT2D eigenvalue weighted by Gasteiger charge is -2.07. The molecule has 0 aliphatic heterocycles. The van der Waals surface area contributed by atoms with Gasteiger partial charge in [0.2, 0.25) is 5.88 Å². The number of methoxy groups -OCH3 is 1. The van der Waals surface area contributed by atoms with Crippen LogP contribution >= 0.6 is 35.0 Å². The number of halogens is 2. The summed E-state index contributed by atoms with van der Waals surface area (Å²) in [4.78, 5) is 16.1. The number of nitrogens with one attached hydrogen (secondary N) is 1. The zero-order chi connectivity index (χ0) is 17.5. The van der Waals surface area contributed by atoms with Crippen molar-refractivity contribution in [2.24, 2.45) is 0 Å². The number of ether oxygens (including phenoxy) is 1. The van der Waals surface area contributed by atoms with Crippen LogP contribution in [0.4, 0.5) is 5.69 Å². The number of hydrogen-bond donors (Lipinski definition) is 1. The van der Waals surface area contributed by atoms with E-state index < -0.39 is 5.91 Å². The third-order valence-electron chi connectivity index (χ3n) is 3.06. The molecule has 126 valence electrons. The molecule has 1 aromatic heterocycles. The van der Waals surface area contributed by atoms with Crippen molar-refractivity contribution in [1.29, 1.82) is 0 Å². The van der Waals surface area contributed by atoms with Crippen LogP contribution in [0.15, 0.2) is 52.0 Å². The molecule has 0 atom stereocenters. The molecule has 0 fully saturated rings. The van der Waals surface area contributed by atoms with Gasteiger partial charge in [0.05, 0.1) is 23.4 Å². The van der Waals surface area contributed by atoms with Gasteiger partial charge in [0.15, 0.2) is 0 Å². The van der Waals surface area contributed by atoms with Crippen LogP contribution < -0.4 is 10.1 Å². The summed E-state index contributed by atoms with van der Waals surface area (Å²) in [5.41, 5.74) is 2.80. The van der Waals surface area contributed by atoms with Gasteiger partial charge < -0.3 is 10.1 Å². The zero-order valence-electron chi connectivity index (χ0n) is 13.2. The molecule has 0 unspecified atom stereocenters. The van der Waals surface area contributed by atoms with E-state index in [0.29, 0.717) is 17.3 Å². The predicted octanol–water partition coefficient (Wildman–Crippen LogP) is 4.92. The van der Waals surface area contributed by atoms with Gasteiger partial charge in [-0.3, -0.25) is 4.79 Å². The highest BCUT2D eigenvalue weighted by molar-refractivity contribution is 8.03. The third-order valence-corrected chi connectivity index (χ3v) is 5.08. The second kappa shape index (κ2) is 8.97. The fourth-order valence-electron chi connectivity index (χ4n) is 1.74. The number of pyridine rings is 1. The number of carbonyl (C=O) groups excluding carboxylic acids is 1. The highest BCUT2D eigenvalue weighted by Crippen LogP contribution is 2.30. The quantitative estimate of drug-likeness (QED) is 0.720. The summed E-state index contributed by atoms with van der Waals surface area (Å²) < 4.78 is 5.20. The van der Waals surface area contributed by atoms with Crippen molar-refractivity contribution in [3.8, 4) is 5.88 Å². The van der Waals surface area contributed by atoms with Crippen LogP contribution in [0.1, 0.15) is 11.1 Å². The van der Waals surface area contributed by atoms with Crippen LogP contribution in [-0.4, -0.2) is 18.0 Å². The van der Waals surface area contributed by atoms with Crippen LogP contribution in [0.25, 0.3) is 0 Å². The van der Waals surface area contributed by atoms with E-state index in [1.54, 1.807) is 12.1 Å². The SMILES string of the molecule is COc1ccc(NC(=O)/C(Cl)=C(/Cl)SCc2ccc(C)cc2)cn1. The zero-order valence-corrected chi connectivity index (χ0v) is 15.5. The van der Waals surface area contributed by atoms with E-state index in [0.717, 1.165) is 5.56 Å². The molecule has 0 saturated heterocycles. The van der Waals surface area contributed by atoms with Gasteiger partial charge in [0, 0.05) is 11.8 Å². The Hall–Kier alpha value is -1.69. The Bertz CT molecular complexity index is 731. The van der Waals surface area contributed by atoms with Crippen LogP contribution in [0.2, 0.25) is 0 Å². The Labute approximate surface area is 155 Å². The maximum Gasteiger partial charge on any atom is 0.269 e. The summed E-state index contributed by atoms with van der Waals surface area (Å²) in [6.07, 6.45) is 1.48. The van der Waals surface area contributed by atoms with Crippen LogP contribution in [-0.2, 0) is 10.5 Å². The molecule has 2 rings (SSSR count). The molecule has 0 radical (unpaired) electrons. The summed E-state index contributed by atoms with van der Waals surface area (Å²) in [5, 5.41) is 2.58. The van der Waals surface area contributed by atoms with Gasteiger partial charge in [0.1, 0.15) is 5.03 Å². The first-order valence-corrected chi connectivity index (χ1v) is 8.78. The molecule has 1 aromatic carbocycles. The van der Waals surface area contributed by atoms with Crippen molar-refractivity contribution in [2.75, 3.05) is 12.4 Å². The maximum absolute atomic E-state index is 12.1. The highest BCUT2D eigenvalue weighted by atomic mass is 35.5. The van der Waals surface area contributed by atoms with Crippen LogP contribution in [0.3, 0.4) is 0 Å². The van der Waals surface area contributed by atoms with E-state index in [4.69, 9.17) is 27.9 Å². The normalized spacial score (nSPS) is 11.7. The molecule has 0 aliphatic rings. The van der Waals surface area contributed by atoms with Gasteiger partial charge in [-0.25, -0.2) is 4.98 Å². The van der Waals surface area contributed by atoms with E-state index >= 15 is 0 Å². The number of rotatable bonds is 6. The monoisotopic (exact) mass is 382 g/mol. The number of anilines is 1. The van der Waals surface area contributed by atoms with Gasteiger partial charge in [-0.2, -0.15) is 0 Å². The standard InChI is InChI=1S/C17H16Cl2N2O2S/c1-11-3-5-12(6-4-11)10-24-16(19)15(18)17(22)21-13-7-8-14(23-2)20-9-13/h3-9H,10H2,1-2H3,(H,21,22)/b16-15+. The van der Waals surface area contributed by atoms with E-state index in [1.807, 2.05) is 31.2 Å². The number of nitrogens with zero attached hydrogens (tertiary/aromatic N) is 1. The smallest absolute Gasteiger partial charge is 0.269 e. The predicted molar refractivity (Wildman–Crippen MR) is 101 cm³/mol. The third kappa shape index (κ3) is 5.44. The lowest BCUT2D eigenvalue weighted by atomic mass is 10.2. The van der Waals surface area contributed by atoms with E-state index in [2.05, 4.69) is 10.3 Å².